The van der Waals surface area contributed by atoms with Crippen LogP contribution in [-0.4, -0.2) is 4.98 Å². The molecule has 0 fully saturated rings. The van der Waals surface area contributed by atoms with E-state index in [1.807, 2.05) is 26.0 Å². The standard InChI is InChI=1S/C13H16ClN3/c1-4-10-8(3)13(17-15)11-9(14)6-5-7(2)12(11)16-10/h5-6H,4,15H2,1-3H3,(H,16,17). The monoisotopic (exact) mass is 249 g/mol. The number of halogens is 1. The fourth-order valence-electron chi connectivity index (χ4n) is 2.13. The number of hydrogen-bond donors (Lipinski definition) is 2. The van der Waals surface area contributed by atoms with E-state index in [9.17, 15) is 0 Å². The molecule has 3 nitrogen and oxygen atoms in total. The van der Waals surface area contributed by atoms with Crippen molar-refractivity contribution in [2.45, 2.75) is 27.2 Å². The van der Waals surface area contributed by atoms with Crippen LogP contribution in [0.5, 0.6) is 0 Å². The number of aromatic nitrogens is 1. The lowest BCUT2D eigenvalue weighted by molar-refractivity contribution is 1.03. The third-order valence-electron chi connectivity index (χ3n) is 3.11. The smallest absolute Gasteiger partial charge is 0.0770 e. The van der Waals surface area contributed by atoms with E-state index in [1.165, 1.54) is 0 Å². The number of pyridine rings is 1. The molecule has 1 heterocycles. The van der Waals surface area contributed by atoms with Crippen LogP contribution in [0.3, 0.4) is 0 Å². The van der Waals surface area contributed by atoms with E-state index in [0.29, 0.717) is 5.02 Å². The molecule has 0 amide bonds. The third-order valence-corrected chi connectivity index (χ3v) is 3.43. The minimum Gasteiger partial charge on any atom is -0.323 e. The Morgan fingerprint density at radius 3 is 2.65 bits per heavy atom. The molecule has 1 aromatic heterocycles. The Bertz CT molecular complexity index is 579. The SMILES string of the molecule is CCc1nc2c(C)ccc(Cl)c2c(NN)c1C. The summed E-state index contributed by atoms with van der Waals surface area (Å²) in [6.07, 6.45) is 0.877. The van der Waals surface area contributed by atoms with Crippen LogP contribution >= 0.6 is 11.6 Å². The van der Waals surface area contributed by atoms with E-state index in [0.717, 1.165) is 39.8 Å². The molecule has 0 aliphatic carbocycles. The Balaban J connectivity index is 2.97. The molecule has 0 atom stereocenters. The molecule has 2 aromatic rings. The van der Waals surface area contributed by atoms with Gasteiger partial charge in [-0.05, 0) is 37.5 Å². The molecule has 90 valence electrons. The molecule has 17 heavy (non-hydrogen) atoms. The second-order valence-corrected chi connectivity index (χ2v) is 4.55. The highest BCUT2D eigenvalue weighted by atomic mass is 35.5. The summed E-state index contributed by atoms with van der Waals surface area (Å²) in [5, 5.41) is 1.58. The van der Waals surface area contributed by atoms with Crippen molar-refractivity contribution in [1.29, 1.82) is 0 Å². The molecule has 0 radical (unpaired) electrons. The highest BCUT2D eigenvalue weighted by molar-refractivity contribution is 6.36. The zero-order valence-electron chi connectivity index (χ0n) is 10.3. The van der Waals surface area contributed by atoms with Crippen LogP contribution in [0, 0.1) is 13.8 Å². The van der Waals surface area contributed by atoms with Crippen molar-refractivity contribution >= 4 is 28.2 Å². The maximum Gasteiger partial charge on any atom is 0.0770 e. The number of aryl methyl sites for hydroxylation is 2. The lowest BCUT2D eigenvalue weighted by atomic mass is 10.0. The lowest BCUT2D eigenvalue weighted by Gasteiger charge is -2.15. The highest BCUT2D eigenvalue weighted by Crippen LogP contribution is 2.34. The van der Waals surface area contributed by atoms with Gasteiger partial charge in [-0.15, -0.1) is 0 Å². The van der Waals surface area contributed by atoms with Crippen LogP contribution in [0.2, 0.25) is 5.02 Å². The molecule has 3 N–H and O–H groups in total. The molecule has 0 bridgehead atoms. The second kappa shape index (κ2) is 4.51. The van der Waals surface area contributed by atoms with Gasteiger partial charge in [0, 0.05) is 11.1 Å². The molecule has 0 unspecified atom stereocenters. The van der Waals surface area contributed by atoms with E-state index in [1.54, 1.807) is 0 Å². The van der Waals surface area contributed by atoms with Gasteiger partial charge in [-0.25, -0.2) is 0 Å². The number of benzene rings is 1. The van der Waals surface area contributed by atoms with E-state index >= 15 is 0 Å². The molecule has 0 aliphatic heterocycles. The number of nitrogens with zero attached hydrogens (tertiary/aromatic N) is 1. The van der Waals surface area contributed by atoms with Gasteiger partial charge < -0.3 is 5.43 Å². The first kappa shape index (κ1) is 12.1. The Hall–Kier alpha value is -1.32. The molecule has 2 rings (SSSR count). The quantitative estimate of drug-likeness (QED) is 0.634. The minimum absolute atomic E-state index is 0.678. The molecule has 0 aliphatic rings. The third kappa shape index (κ3) is 1.85. The van der Waals surface area contributed by atoms with Crippen LogP contribution in [0.1, 0.15) is 23.7 Å². The summed E-state index contributed by atoms with van der Waals surface area (Å²) in [6, 6.07) is 3.86. The number of nitrogens with one attached hydrogen (secondary N) is 1. The van der Waals surface area contributed by atoms with Gasteiger partial charge in [0.1, 0.15) is 0 Å². The normalized spacial score (nSPS) is 10.9. The van der Waals surface area contributed by atoms with Gasteiger partial charge in [-0.3, -0.25) is 10.8 Å². The highest BCUT2D eigenvalue weighted by Gasteiger charge is 2.13. The zero-order valence-corrected chi connectivity index (χ0v) is 11.0. The first-order chi connectivity index (χ1) is 8.10. The van der Waals surface area contributed by atoms with E-state index in [4.69, 9.17) is 17.4 Å². The summed E-state index contributed by atoms with van der Waals surface area (Å²) < 4.78 is 0. The van der Waals surface area contributed by atoms with Gasteiger partial charge in [0.2, 0.25) is 0 Å². The number of hydrogen-bond acceptors (Lipinski definition) is 3. The van der Waals surface area contributed by atoms with Gasteiger partial charge >= 0.3 is 0 Å². The van der Waals surface area contributed by atoms with E-state index in [2.05, 4.69) is 17.3 Å². The lowest BCUT2D eigenvalue weighted by Crippen LogP contribution is -2.11. The van der Waals surface area contributed by atoms with E-state index < -0.39 is 0 Å². The van der Waals surface area contributed by atoms with Crippen molar-refractivity contribution < 1.29 is 0 Å². The van der Waals surface area contributed by atoms with Crippen molar-refractivity contribution in [3.8, 4) is 0 Å². The Labute approximate surface area is 106 Å². The van der Waals surface area contributed by atoms with Gasteiger partial charge in [-0.1, -0.05) is 24.6 Å². The van der Waals surface area contributed by atoms with Gasteiger partial charge in [0.25, 0.3) is 0 Å². The summed E-state index contributed by atoms with van der Waals surface area (Å²) >= 11 is 6.24. The topological polar surface area (TPSA) is 50.9 Å². The molecular weight excluding hydrogens is 234 g/mol. The van der Waals surface area contributed by atoms with Gasteiger partial charge in [-0.2, -0.15) is 0 Å². The number of hydrazine groups is 1. The summed E-state index contributed by atoms with van der Waals surface area (Å²) in [5.41, 5.74) is 7.78. The summed E-state index contributed by atoms with van der Waals surface area (Å²) in [7, 11) is 0. The average molecular weight is 250 g/mol. The largest absolute Gasteiger partial charge is 0.323 e. The summed E-state index contributed by atoms with van der Waals surface area (Å²) in [5.74, 6) is 5.62. The number of rotatable bonds is 2. The molecule has 4 heteroatoms. The molecule has 1 aromatic carbocycles. The van der Waals surface area contributed by atoms with Crippen LogP contribution in [0.15, 0.2) is 12.1 Å². The fourth-order valence-corrected chi connectivity index (χ4v) is 2.37. The van der Waals surface area contributed by atoms with Crippen molar-refractivity contribution in [2.75, 3.05) is 5.43 Å². The maximum absolute atomic E-state index is 6.24. The fraction of sp³-hybridized carbons (Fsp3) is 0.308. The summed E-state index contributed by atoms with van der Waals surface area (Å²) in [6.45, 7) is 6.13. The van der Waals surface area contributed by atoms with Crippen LogP contribution in [0.25, 0.3) is 10.9 Å². The van der Waals surface area contributed by atoms with Crippen LogP contribution < -0.4 is 11.3 Å². The van der Waals surface area contributed by atoms with Gasteiger partial charge in [0.15, 0.2) is 0 Å². The summed E-state index contributed by atoms with van der Waals surface area (Å²) in [4.78, 5) is 4.68. The predicted octanol–water partition coefficient (Wildman–Crippen LogP) is 3.35. The number of anilines is 1. The Morgan fingerprint density at radius 2 is 2.06 bits per heavy atom. The maximum atomic E-state index is 6.24. The molecule has 0 spiro atoms. The minimum atomic E-state index is 0.678. The van der Waals surface area contributed by atoms with Gasteiger partial charge in [0.05, 0.1) is 16.2 Å². The second-order valence-electron chi connectivity index (χ2n) is 4.14. The van der Waals surface area contributed by atoms with E-state index in [-0.39, 0.29) is 0 Å². The molecule has 0 saturated heterocycles. The predicted molar refractivity (Wildman–Crippen MR) is 73.4 cm³/mol. The van der Waals surface area contributed by atoms with Crippen molar-refractivity contribution in [2.24, 2.45) is 5.84 Å². The van der Waals surface area contributed by atoms with Crippen LogP contribution in [-0.2, 0) is 6.42 Å². The zero-order chi connectivity index (χ0) is 12.6. The number of nitrogens with two attached hydrogens (primary N) is 1. The number of fused-ring (bicyclic) bond motifs is 1. The first-order valence-corrected chi connectivity index (χ1v) is 6.02. The van der Waals surface area contributed by atoms with Crippen LogP contribution in [0.4, 0.5) is 5.69 Å². The number of nitrogen functional groups attached to an aromatic ring is 1. The van der Waals surface area contributed by atoms with Crippen molar-refractivity contribution in [3.63, 3.8) is 0 Å². The molecular formula is C13H16ClN3. The van der Waals surface area contributed by atoms with Crippen molar-refractivity contribution in [1.82, 2.24) is 4.98 Å². The Kier molecular flexibility index (Phi) is 3.22. The first-order valence-electron chi connectivity index (χ1n) is 5.65. The van der Waals surface area contributed by atoms with Crippen molar-refractivity contribution in [3.05, 3.63) is 34.0 Å². The average Bonchev–Trinajstić information content (AvgIpc) is 2.33. The molecule has 0 saturated carbocycles. The Morgan fingerprint density at radius 1 is 1.35 bits per heavy atom.